The fourth-order valence-electron chi connectivity index (χ4n) is 1.92. The van der Waals surface area contributed by atoms with E-state index in [1.165, 1.54) is 11.8 Å². The maximum absolute atomic E-state index is 12.1. The first-order valence-corrected chi connectivity index (χ1v) is 8.04. The van der Waals surface area contributed by atoms with E-state index in [0.29, 0.717) is 16.5 Å². The van der Waals surface area contributed by atoms with Crippen molar-refractivity contribution >= 4 is 17.7 Å². The molecule has 0 N–H and O–H groups in total. The van der Waals surface area contributed by atoms with E-state index in [2.05, 4.69) is 15.2 Å². The van der Waals surface area contributed by atoms with E-state index in [1.54, 1.807) is 18.3 Å². The Kier molecular flexibility index (Phi) is 4.68. The van der Waals surface area contributed by atoms with E-state index in [4.69, 9.17) is 9.15 Å². The third-order valence-electron chi connectivity index (χ3n) is 3.00. The summed E-state index contributed by atoms with van der Waals surface area (Å²) in [4.78, 5) is 16.2. The number of hydrogen-bond acceptors (Lipinski definition) is 7. The number of aromatic nitrogens is 3. The van der Waals surface area contributed by atoms with Crippen LogP contribution in [0.2, 0.25) is 0 Å². The number of nitrogens with zero attached hydrogens (tertiary/aromatic N) is 3. The molecule has 0 spiro atoms. The molecule has 2 aromatic heterocycles. The van der Waals surface area contributed by atoms with Gasteiger partial charge in [0.05, 0.1) is 5.56 Å². The van der Waals surface area contributed by atoms with Crippen LogP contribution < -0.4 is 0 Å². The number of hydrogen-bond donors (Lipinski definition) is 0. The highest BCUT2D eigenvalue weighted by atomic mass is 32.2. The number of pyridine rings is 1. The lowest BCUT2D eigenvalue weighted by Crippen LogP contribution is -2.07. The van der Waals surface area contributed by atoms with E-state index < -0.39 is 5.97 Å². The normalized spacial score (nSPS) is 10.5. The van der Waals surface area contributed by atoms with Gasteiger partial charge >= 0.3 is 5.97 Å². The van der Waals surface area contributed by atoms with Crippen LogP contribution in [-0.2, 0) is 11.3 Å². The first-order valence-electron chi connectivity index (χ1n) is 6.82. The molecule has 0 bridgehead atoms. The Balaban J connectivity index is 1.67. The van der Waals surface area contributed by atoms with E-state index in [-0.39, 0.29) is 12.5 Å². The van der Waals surface area contributed by atoms with Crippen molar-refractivity contribution in [3.8, 4) is 11.5 Å². The Morgan fingerprint density at radius 2 is 2.00 bits per heavy atom. The van der Waals surface area contributed by atoms with Crippen LogP contribution in [0.1, 0.15) is 16.2 Å². The second-order valence-corrected chi connectivity index (χ2v) is 5.30. The van der Waals surface area contributed by atoms with E-state index in [1.807, 2.05) is 36.6 Å². The van der Waals surface area contributed by atoms with Gasteiger partial charge in [0.1, 0.15) is 5.03 Å². The molecule has 0 radical (unpaired) electrons. The Morgan fingerprint density at radius 1 is 1.17 bits per heavy atom. The zero-order valence-corrected chi connectivity index (χ0v) is 13.1. The number of esters is 1. The molecule has 3 rings (SSSR count). The fourth-order valence-corrected chi connectivity index (χ4v) is 2.46. The third-order valence-corrected chi connectivity index (χ3v) is 3.71. The van der Waals surface area contributed by atoms with Crippen LogP contribution in [-0.4, -0.2) is 27.4 Å². The summed E-state index contributed by atoms with van der Waals surface area (Å²) in [6.45, 7) is -0.0820. The number of ether oxygens (including phenoxy) is 1. The molecule has 0 saturated heterocycles. The van der Waals surface area contributed by atoms with Gasteiger partial charge in [-0.25, -0.2) is 9.78 Å². The molecule has 0 saturated carbocycles. The number of carbonyl (C=O) groups is 1. The average Bonchev–Trinajstić information content (AvgIpc) is 3.09. The van der Waals surface area contributed by atoms with Crippen molar-refractivity contribution in [1.29, 1.82) is 0 Å². The highest BCUT2D eigenvalue weighted by molar-refractivity contribution is 7.98. The van der Waals surface area contributed by atoms with Crippen LogP contribution in [0.15, 0.2) is 58.1 Å². The molecule has 116 valence electrons. The summed E-state index contributed by atoms with van der Waals surface area (Å²) in [5.41, 5.74) is 1.23. The molecule has 6 nitrogen and oxygen atoms in total. The summed E-state index contributed by atoms with van der Waals surface area (Å²) in [7, 11) is 0. The molecular weight excluding hydrogens is 314 g/mol. The standard InChI is InChI=1S/C16H13N3O3S/c1-23-15-12(8-5-9-17-15)16(20)21-10-13-18-19-14(22-13)11-6-3-2-4-7-11/h2-9H,10H2,1H3. The first-order chi connectivity index (χ1) is 11.3. The molecule has 0 unspecified atom stereocenters. The topological polar surface area (TPSA) is 78.1 Å². The van der Waals surface area contributed by atoms with Crippen LogP contribution in [0, 0.1) is 0 Å². The molecule has 23 heavy (non-hydrogen) atoms. The van der Waals surface area contributed by atoms with E-state index >= 15 is 0 Å². The van der Waals surface area contributed by atoms with Gasteiger partial charge in [-0.2, -0.15) is 0 Å². The van der Waals surface area contributed by atoms with Gasteiger partial charge in [-0.3, -0.25) is 0 Å². The summed E-state index contributed by atoms with van der Waals surface area (Å²) >= 11 is 1.38. The highest BCUT2D eigenvalue weighted by Crippen LogP contribution is 2.19. The van der Waals surface area contributed by atoms with Crippen molar-refractivity contribution in [3.05, 3.63) is 60.1 Å². The molecule has 2 heterocycles. The Morgan fingerprint density at radius 3 is 2.78 bits per heavy atom. The smallest absolute Gasteiger partial charge is 0.341 e. The monoisotopic (exact) mass is 327 g/mol. The zero-order valence-electron chi connectivity index (χ0n) is 12.3. The molecule has 0 amide bonds. The SMILES string of the molecule is CSc1ncccc1C(=O)OCc1nnc(-c2ccccc2)o1. The zero-order chi connectivity index (χ0) is 16.1. The minimum atomic E-state index is -0.470. The predicted octanol–water partition coefficient (Wildman–Crippen LogP) is 3.21. The number of rotatable bonds is 5. The molecule has 1 aromatic carbocycles. The van der Waals surface area contributed by atoms with Crippen molar-refractivity contribution < 1.29 is 13.9 Å². The molecule has 0 aliphatic heterocycles. The van der Waals surface area contributed by atoms with Gasteiger partial charge in [0.15, 0.2) is 6.61 Å². The second-order valence-electron chi connectivity index (χ2n) is 4.50. The minimum absolute atomic E-state index is 0.0820. The quantitative estimate of drug-likeness (QED) is 0.526. The summed E-state index contributed by atoms with van der Waals surface area (Å²) in [5, 5.41) is 8.45. The third kappa shape index (κ3) is 3.57. The Hall–Kier alpha value is -2.67. The lowest BCUT2D eigenvalue weighted by molar-refractivity contribution is 0.0433. The molecule has 0 fully saturated rings. The lowest BCUT2D eigenvalue weighted by atomic mass is 10.2. The maximum atomic E-state index is 12.1. The summed E-state index contributed by atoms with van der Waals surface area (Å²) in [5.74, 6) is 0.163. The molecule has 7 heteroatoms. The number of thioether (sulfide) groups is 1. The van der Waals surface area contributed by atoms with Gasteiger partial charge in [-0.15, -0.1) is 22.0 Å². The van der Waals surface area contributed by atoms with Gasteiger partial charge in [0.25, 0.3) is 5.89 Å². The molecule has 3 aromatic rings. The number of carbonyl (C=O) groups excluding carboxylic acids is 1. The predicted molar refractivity (Wildman–Crippen MR) is 84.9 cm³/mol. The lowest BCUT2D eigenvalue weighted by Gasteiger charge is -2.05. The van der Waals surface area contributed by atoms with Crippen molar-refractivity contribution in [1.82, 2.24) is 15.2 Å². The van der Waals surface area contributed by atoms with Gasteiger partial charge in [-0.05, 0) is 30.5 Å². The maximum Gasteiger partial charge on any atom is 0.341 e. The Bertz CT molecular complexity index is 805. The Labute approximate surface area is 136 Å². The second kappa shape index (κ2) is 7.06. The summed E-state index contributed by atoms with van der Waals surface area (Å²) in [6.07, 6.45) is 3.48. The van der Waals surface area contributed by atoms with Crippen molar-refractivity contribution in [2.24, 2.45) is 0 Å². The number of benzene rings is 1. The molecule has 0 aliphatic carbocycles. The van der Waals surface area contributed by atoms with Crippen molar-refractivity contribution in [2.45, 2.75) is 11.6 Å². The van der Waals surface area contributed by atoms with Gasteiger partial charge < -0.3 is 9.15 Å². The largest absolute Gasteiger partial charge is 0.452 e. The van der Waals surface area contributed by atoms with Crippen molar-refractivity contribution in [2.75, 3.05) is 6.26 Å². The van der Waals surface area contributed by atoms with Gasteiger partial charge in [0, 0.05) is 11.8 Å². The van der Waals surface area contributed by atoms with Crippen LogP contribution in [0.3, 0.4) is 0 Å². The van der Waals surface area contributed by atoms with E-state index in [0.717, 1.165) is 5.56 Å². The van der Waals surface area contributed by atoms with Crippen LogP contribution in [0.5, 0.6) is 0 Å². The average molecular weight is 327 g/mol. The summed E-state index contributed by atoms with van der Waals surface area (Å²) in [6, 6.07) is 12.8. The van der Waals surface area contributed by atoms with Crippen LogP contribution >= 0.6 is 11.8 Å². The van der Waals surface area contributed by atoms with Gasteiger partial charge in [-0.1, -0.05) is 18.2 Å². The van der Waals surface area contributed by atoms with Crippen molar-refractivity contribution in [3.63, 3.8) is 0 Å². The van der Waals surface area contributed by atoms with Gasteiger partial charge in [0.2, 0.25) is 5.89 Å². The highest BCUT2D eigenvalue weighted by Gasteiger charge is 2.15. The van der Waals surface area contributed by atoms with E-state index in [9.17, 15) is 4.79 Å². The first kappa shape index (κ1) is 15.2. The van der Waals surface area contributed by atoms with Crippen LogP contribution in [0.4, 0.5) is 0 Å². The molecule has 0 aliphatic rings. The van der Waals surface area contributed by atoms with Crippen LogP contribution in [0.25, 0.3) is 11.5 Å². The summed E-state index contributed by atoms with van der Waals surface area (Å²) < 4.78 is 10.7. The molecule has 0 atom stereocenters. The fraction of sp³-hybridized carbons (Fsp3) is 0.125. The minimum Gasteiger partial charge on any atom is -0.452 e. The molecular formula is C16H13N3O3S.